The highest BCUT2D eigenvalue weighted by Gasteiger charge is 2.36. The molecule has 1 aromatic heterocycles. The van der Waals surface area contributed by atoms with Crippen molar-refractivity contribution >= 4 is 40.7 Å². The maximum atomic E-state index is 12.5. The number of halogens is 1. The first-order chi connectivity index (χ1) is 13.0. The summed E-state index contributed by atoms with van der Waals surface area (Å²) in [6.07, 6.45) is 1.28. The summed E-state index contributed by atoms with van der Waals surface area (Å²) in [5.74, 6) is -1.12. The zero-order chi connectivity index (χ0) is 19.2. The minimum absolute atomic E-state index is 0.171. The van der Waals surface area contributed by atoms with Gasteiger partial charge in [-0.05, 0) is 42.0 Å². The third-order valence-electron chi connectivity index (χ3n) is 4.24. The minimum Gasteiger partial charge on any atom is -0.454 e. The van der Waals surface area contributed by atoms with Crippen molar-refractivity contribution in [2.45, 2.75) is 25.4 Å². The van der Waals surface area contributed by atoms with E-state index in [0.717, 1.165) is 12.0 Å². The maximum Gasteiger partial charge on any atom is 0.329 e. The van der Waals surface area contributed by atoms with Crippen LogP contribution in [0.4, 0.5) is 0 Å². The number of thiophene rings is 1. The average molecular weight is 407 g/mol. The minimum atomic E-state index is -0.639. The summed E-state index contributed by atoms with van der Waals surface area (Å²) >= 11 is 7.24. The van der Waals surface area contributed by atoms with E-state index in [1.54, 1.807) is 30.3 Å². The fraction of sp³-hybridized carbons (Fsp3) is 0.316. The van der Waals surface area contributed by atoms with Gasteiger partial charge in [-0.15, -0.1) is 11.3 Å². The lowest BCUT2D eigenvalue weighted by Gasteiger charge is -2.22. The van der Waals surface area contributed by atoms with Crippen molar-refractivity contribution in [1.82, 2.24) is 10.2 Å². The van der Waals surface area contributed by atoms with Crippen LogP contribution in [-0.4, -0.2) is 41.9 Å². The fourth-order valence-corrected chi connectivity index (χ4v) is 3.82. The molecule has 0 radical (unpaired) electrons. The number of amides is 2. The number of esters is 1. The number of likely N-dealkylation sites (tertiary alicyclic amines) is 1. The number of carbonyl (C=O) groups is 3. The largest absolute Gasteiger partial charge is 0.454 e. The van der Waals surface area contributed by atoms with Gasteiger partial charge in [0.15, 0.2) is 6.61 Å². The monoisotopic (exact) mass is 406 g/mol. The van der Waals surface area contributed by atoms with Gasteiger partial charge in [-0.2, -0.15) is 0 Å². The Hall–Kier alpha value is -2.38. The highest BCUT2D eigenvalue weighted by atomic mass is 35.5. The molecule has 1 unspecified atom stereocenters. The second-order valence-electron chi connectivity index (χ2n) is 6.15. The van der Waals surface area contributed by atoms with Gasteiger partial charge in [-0.1, -0.05) is 29.8 Å². The highest BCUT2D eigenvalue weighted by Crippen LogP contribution is 2.23. The van der Waals surface area contributed by atoms with Crippen LogP contribution in [0.25, 0.3) is 0 Å². The van der Waals surface area contributed by atoms with Crippen molar-refractivity contribution in [3.63, 3.8) is 0 Å². The molecule has 1 aliphatic heterocycles. The van der Waals surface area contributed by atoms with Crippen molar-refractivity contribution in [3.8, 4) is 0 Å². The number of benzene rings is 1. The smallest absolute Gasteiger partial charge is 0.329 e. The molecule has 0 bridgehead atoms. The molecule has 1 saturated heterocycles. The molecule has 0 aliphatic carbocycles. The van der Waals surface area contributed by atoms with E-state index in [4.69, 9.17) is 16.3 Å². The lowest BCUT2D eigenvalue weighted by molar-refractivity contribution is -0.152. The van der Waals surface area contributed by atoms with Crippen LogP contribution in [0, 0.1) is 0 Å². The lowest BCUT2D eigenvalue weighted by Crippen LogP contribution is -2.42. The Morgan fingerprint density at radius 1 is 1.26 bits per heavy atom. The molecule has 2 aromatic rings. The van der Waals surface area contributed by atoms with E-state index in [1.807, 2.05) is 11.4 Å². The Morgan fingerprint density at radius 2 is 2.11 bits per heavy atom. The predicted molar refractivity (Wildman–Crippen MR) is 103 cm³/mol. The van der Waals surface area contributed by atoms with Crippen LogP contribution >= 0.6 is 22.9 Å². The number of ether oxygens (including phenoxy) is 1. The van der Waals surface area contributed by atoms with Crippen LogP contribution < -0.4 is 5.32 Å². The number of nitrogens with one attached hydrogen (secondary N) is 1. The van der Waals surface area contributed by atoms with Crippen LogP contribution in [0.2, 0.25) is 5.02 Å². The molecular weight excluding hydrogens is 388 g/mol. The summed E-state index contributed by atoms with van der Waals surface area (Å²) in [6.45, 7) is 0.428. The van der Waals surface area contributed by atoms with E-state index < -0.39 is 17.9 Å². The van der Waals surface area contributed by atoms with Gasteiger partial charge in [0.05, 0.1) is 4.88 Å². The molecule has 0 spiro atoms. The molecule has 2 amide bonds. The second-order valence-corrected chi connectivity index (χ2v) is 7.53. The molecule has 1 atom stereocenters. The van der Waals surface area contributed by atoms with E-state index in [2.05, 4.69) is 5.32 Å². The molecule has 0 saturated carbocycles. The Balaban J connectivity index is 1.48. The summed E-state index contributed by atoms with van der Waals surface area (Å²) in [6, 6.07) is 10.0. The van der Waals surface area contributed by atoms with Crippen LogP contribution in [0.1, 0.15) is 28.1 Å². The fourth-order valence-electron chi connectivity index (χ4n) is 2.93. The Labute approximate surface area is 166 Å². The number of nitrogens with zero attached hydrogens (tertiary/aromatic N) is 1. The van der Waals surface area contributed by atoms with E-state index >= 15 is 0 Å². The molecule has 1 aromatic carbocycles. The standard InChI is InChI=1S/C19H19ClN2O4S/c20-14-5-1-4-13(10-14)11-21-17(23)12-26-19(25)15-6-2-8-22(15)18(24)16-7-3-9-27-16/h1,3-5,7,9-10,15H,2,6,8,11-12H2,(H,21,23). The van der Waals surface area contributed by atoms with Crippen molar-refractivity contribution in [3.05, 3.63) is 57.2 Å². The topological polar surface area (TPSA) is 75.7 Å². The average Bonchev–Trinajstić information content (AvgIpc) is 3.35. The second kappa shape index (κ2) is 9.01. The van der Waals surface area contributed by atoms with Crippen LogP contribution in [0.15, 0.2) is 41.8 Å². The molecule has 8 heteroatoms. The Bertz CT molecular complexity index is 825. The molecule has 1 aliphatic rings. The first-order valence-corrected chi connectivity index (χ1v) is 9.82. The molecule has 6 nitrogen and oxygen atoms in total. The molecule has 1 fully saturated rings. The molecule has 1 N–H and O–H groups in total. The van der Waals surface area contributed by atoms with Crippen molar-refractivity contribution in [2.24, 2.45) is 0 Å². The van der Waals surface area contributed by atoms with Crippen molar-refractivity contribution < 1.29 is 19.1 Å². The zero-order valence-electron chi connectivity index (χ0n) is 14.5. The van der Waals surface area contributed by atoms with Gasteiger partial charge in [0, 0.05) is 18.1 Å². The van der Waals surface area contributed by atoms with Gasteiger partial charge < -0.3 is 15.0 Å². The van der Waals surface area contributed by atoms with E-state index in [1.165, 1.54) is 16.2 Å². The maximum absolute atomic E-state index is 12.5. The van der Waals surface area contributed by atoms with Gasteiger partial charge in [-0.3, -0.25) is 9.59 Å². The number of carbonyl (C=O) groups excluding carboxylic acids is 3. The zero-order valence-corrected chi connectivity index (χ0v) is 16.1. The Morgan fingerprint density at radius 3 is 2.85 bits per heavy atom. The van der Waals surface area contributed by atoms with Gasteiger partial charge in [0.1, 0.15) is 6.04 Å². The first kappa shape index (κ1) is 19.4. The van der Waals surface area contributed by atoms with Gasteiger partial charge in [-0.25, -0.2) is 4.79 Å². The van der Waals surface area contributed by atoms with Crippen molar-refractivity contribution in [1.29, 1.82) is 0 Å². The molecule has 142 valence electrons. The summed E-state index contributed by atoms with van der Waals surface area (Å²) < 4.78 is 5.13. The lowest BCUT2D eigenvalue weighted by atomic mass is 10.2. The van der Waals surface area contributed by atoms with Gasteiger partial charge >= 0.3 is 5.97 Å². The predicted octanol–water partition coefficient (Wildman–Crippen LogP) is 2.87. The van der Waals surface area contributed by atoms with Crippen molar-refractivity contribution in [2.75, 3.05) is 13.2 Å². The molecule has 3 rings (SSSR count). The third kappa shape index (κ3) is 5.08. The summed E-state index contributed by atoms with van der Waals surface area (Å²) in [4.78, 5) is 38.9. The van der Waals surface area contributed by atoms with Gasteiger partial charge in [0.25, 0.3) is 11.8 Å². The summed E-state index contributed by atoms with van der Waals surface area (Å²) in [5.41, 5.74) is 0.852. The molecule has 27 heavy (non-hydrogen) atoms. The van der Waals surface area contributed by atoms with Crippen LogP contribution in [0.5, 0.6) is 0 Å². The number of hydrogen-bond acceptors (Lipinski definition) is 5. The Kier molecular flexibility index (Phi) is 6.47. The van der Waals surface area contributed by atoms with E-state index in [0.29, 0.717) is 29.4 Å². The van der Waals surface area contributed by atoms with Gasteiger partial charge in [0.2, 0.25) is 0 Å². The van der Waals surface area contributed by atoms with E-state index in [-0.39, 0.29) is 12.5 Å². The first-order valence-electron chi connectivity index (χ1n) is 8.57. The SMILES string of the molecule is O=C(COC(=O)C1CCCN1C(=O)c1cccs1)NCc1cccc(Cl)c1. The number of hydrogen-bond donors (Lipinski definition) is 1. The normalized spacial score (nSPS) is 16.2. The summed E-state index contributed by atoms with van der Waals surface area (Å²) in [7, 11) is 0. The van der Waals surface area contributed by atoms with Crippen LogP contribution in [-0.2, 0) is 20.9 Å². The molecular formula is C19H19ClN2O4S. The van der Waals surface area contributed by atoms with E-state index in [9.17, 15) is 14.4 Å². The summed E-state index contributed by atoms with van der Waals surface area (Å²) in [5, 5.41) is 5.08. The van der Waals surface area contributed by atoms with Crippen LogP contribution in [0.3, 0.4) is 0 Å². The molecule has 2 heterocycles. The highest BCUT2D eigenvalue weighted by molar-refractivity contribution is 7.12. The number of rotatable bonds is 6. The quantitative estimate of drug-likeness (QED) is 0.748. The third-order valence-corrected chi connectivity index (χ3v) is 5.33.